The molecule has 0 aliphatic heterocycles. The molecule has 0 spiro atoms. The fourth-order valence-electron chi connectivity index (χ4n) is 4.09. The second-order valence-corrected chi connectivity index (χ2v) is 8.84. The average molecular weight is 465 g/mol. The number of hydrogen-bond donors (Lipinski definition) is 1. The van der Waals surface area contributed by atoms with E-state index in [9.17, 15) is 19.2 Å². The molecule has 0 bridgehead atoms. The number of fused-ring (bicyclic) bond motifs is 1. The minimum atomic E-state index is -0.618. The number of benzene rings is 2. The monoisotopic (exact) mass is 464 g/mol. The molecule has 2 aromatic rings. The first-order valence-electron chi connectivity index (χ1n) is 11.6. The minimum Gasteiger partial charge on any atom is -0.456 e. The smallest absolute Gasteiger partial charge is 0.306 e. The van der Waals surface area contributed by atoms with Crippen LogP contribution in [0.25, 0.3) is 0 Å². The Hall–Kier alpha value is -3.48. The highest BCUT2D eigenvalue weighted by Crippen LogP contribution is 2.23. The van der Waals surface area contributed by atoms with Gasteiger partial charge in [-0.05, 0) is 67.9 Å². The zero-order valence-corrected chi connectivity index (χ0v) is 20.1. The van der Waals surface area contributed by atoms with Crippen LogP contribution in [-0.2, 0) is 32.0 Å². The standard InChI is InChI=1S/C27H32N2O5/c1-18-7-6-8-19(2)27(18)28-24(31)16-29(3)25(32)17-34-26(33)14-13-23(30)22-12-11-20-9-4-5-10-21(20)15-22/h6-8,11-12,15H,4-5,9-10,13-14,16-17H2,1-3H3,(H,28,31). The fraction of sp³-hybridized carbons (Fsp3) is 0.407. The number of likely N-dealkylation sites (N-methyl/N-ethyl adjacent to an activating group) is 1. The molecule has 0 aromatic heterocycles. The second kappa shape index (κ2) is 11.6. The normalized spacial score (nSPS) is 12.4. The van der Waals surface area contributed by atoms with Gasteiger partial charge in [-0.2, -0.15) is 0 Å². The highest BCUT2D eigenvalue weighted by atomic mass is 16.5. The molecular formula is C27H32N2O5. The zero-order valence-electron chi connectivity index (χ0n) is 20.1. The van der Waals surface area contributed by atoms with Crippen molar-refractivity contribution in [2.45, 2.75) is 52.4 Å². The van der Waals surface area contributed by atoms with Crippen LogP contribution < -0.4 is 5.32 Å². The summed E-state index contributed by atoms with van der Waals surface area (Å²) in [6.45, 7) is 3.15. The van der Waals surface area contributed by atoms with Gasteiger partial charge in [0, 0.05) is 24.7 Å². The summed E-state index contributed by atoms with van der Waals surface area (Å²) in [7, 11) is 1.47. The number of aryl methyl sites for hydroxylation is 4. The second-order valence-electron chi connectivity index (χ2n) is 8.84. The van der Waals surface area contributed by atoms with Crippen LogP contribution in [0, 0.1) is 13.8 Å². The van der Waals surface area contributed by atoms with Crippen LogP contribution in [0.15, 0.2) is 36.4 Å². The van der Waals surface area contributed by atoms with Gasteiger partial charge in [-0.25, -0.2) is 0 Å². The minimum absolute atomic E-state index is 0.0276. The summed E-state index contributed by atoms with van der Waals surface area (Å²) in [4.78, 5) is 50.3. The van der Waals surface area contributed by atoms with Crippen LogP contribution in [0.1, 0.15) is 58.3 Å². The number of Topliss-reactive ketones (excluding diaryl/α,β-unsaturated/α-hetero) is 1. The third kappa shape index (κ3) is 6.76. The van der Waals surface area contributed by atoms with Gasteiger partial charge in [-0.1, -0.05) is 30.3 Å². The Morgan fingerprint density at radius 3 is 2.32 bits per heavy atom. The molecule has 0 radical (unpaired) electrons. The largest absolute Gasteiger partial charge is 0.456 e. The van der Waals surface area contributed by atoms with Crippen LogP contribution >= 0.6 is 0 Å². The number of ketones is 1. The van der Waals surface area contributed by atoms with E-state index in [1.807, 2.05) is 50.2 Å². The molecule has 1 N–H and O–H groups in total. The highest BCUT2D eigenvalue weighted by Gasteiger charge is 2.18. The quantitative estimate of drug-likeness (QED) is 0.450. The van der Waals surface area contributed by atoms with Crippen LogP contribution in [0.3, 0.4) is 0 Å². The van der Waals surface area contributed by atoms with Gasteiger partial charge in [0.1, 0.15) is 0 Å². The molecule has 0 fully saturated rings. The van der Waals surface area contributed by atoms with E-state index >= 15 is 0 Å². The van der Waals surface area contributed by atoms with Crippen molar-refractivity contribution in [3.8, 4) is 0 Å². The van der Waals surface area contributed by atoms with Gasteiger partial charge in [0.2, 0.25) is 5.91 Å². The van der Waals surface area contributed by atoms with Gasteiger partial charge in [-0.3, -0.25) is 19.2 Å². The number of esters is 1. The summed E-state index contributed by atoms with van der Waals surface area (Å²) in [5.74, 6) is -1.56. The van der Waals surface area contributed by atoms with Crippen molar-refractivity contribution < 1.29 is 23.9 Å². The van der Waals surface area contributed by atoms with Gasteiger partial charge < -0.3 is 15.0 Å². The Kier molecular flexibility index (Phi) is 8.57. The summed E-state index contributed by atoms with van der Waals surface area (Å²) in [5.41, 5.74) is 5.72. The van der Waals surface area contributed by atoms with Crippen molar-refractivity contribution in [1.29, 1.82) is 0 Å². The number of rotatable bonds is 9. The number of ether oxygens (including phenoxy) is 1. The van der Waals surface area contributed by atoms with E-state index in [2.05, 4.69) is 5.32 Å². The SMILES string of the molecule is Cc1cccc(C)c1NC(=O)CN(C)C(=O)COC(=O)CCC(=O)c1ccc2c(c1)CCCC2. The Bertz CT molecular complexity index is 1070. The first-order chi connectivity index (χ1) is 16.2. The summed E-state index contributed by atoms with van der Waals surface area (Å²) in [6.07, 6.45) is 4.27. The Morgan fingerprint density at radius 1 is 0.941 bits per heavy atom. The molecule has 0 saturated heterocycles. The van der Waals surface area contributed by atoms with Crippen LogP contribution in [0.2, 0.25) is 0 Å². The van der Waals surface area contributed by atoms with E-state index in [-0.39, 0.29) is 31.1 Å². The van der Waals surface area contributed by atoms with Crippen molar-refractivity contribution in [3.63, 3.8) is 0 Å². The van der Waals surface area contributed by atoms with Gasteiger partial charge >= 0.3 is 5.97 Å². The van der Waals surface area contributed by atoms with Gasteiger partial charge in [0.05, 0.1) is 13.0 Å². The molecule has 0 unspecified atom stereocenters. The van der Waals surface area contributed by atoms with Crippen LogP contribution in [0.5, 0.6) is 0 Å². The third-order valence-corrected chi connectivity index (χ3v) is 6.14. The third-order valence-electron chi connectivity index (χ3n) is 6.14. The lowest BCUT2D eigenvalue weighted by molar-refractivity contribution is -0.151. The number of hydrogen-bond acceptors (Lipinski definition) is 5. The molecule has 1 aliphatic carbocycles. The Labute approximate surface area is 200 Å². The number of nitrogens with zero attached hydrogens (tertiary/aromatic N) is 1. The molecule has 3 rings (SSSR count). The topological polar surface area (TPSA) is 92.8 Å². The Morgan fingerprint density at radius 2 is 1.62 bits per heavy atom. The molecule has 0 atom stereocenters. The average Bonchev–Trinajstić information content (AvgIpc) is 2.82. The maximum absolute atomic E-state index is 12.5. The molecule has 0 saturated carbocycles. The number of amides is 2. The zero-order chi connectivity index (χ0) is 24.7. The fourth-order valence-corrected chi connectivity index (χ4v) is 4.09. The summed E-state index contributed by atoms with van der Waals surface area (Å²) in [5, 5.41) is 2.82. The van der Waals surface area contributed by atoms with E-state index in [1.165, 1.54) is 29.5 Å². The molecule has 2 aromatic carbocycles. The lowest BCUT2D eigenvalue weighted by Gasteiger charge is -2.18. The van der Waals surface area contributed by atoms with E-state index in [1.54, 1.807) is 0 Å². The van der Waals surface area contributed by atoms with Gasteiger partial charge in [0.25, 0.3) is 5.91 Å². The molecular weight excluding hydrogens is 432 g/mol. The lowest BCUT2D eigenvalue weighted by atomic mass is 9.89. The first-order valence-corrected chi connectivity index (χ1v) is 11.6. The lowest BCUT2D eigenvalue weighted by Crippen LogP contribution is -2.37. The first kappa shape index (κ1) is 25.1. The van der Waals surface area contributed by atoms with Crippen molar-refractivity contribution in [1.82, 2.24) is 4.90 Å². The molecule has 7 nitrogen and oxygen atoms in total. The number of carbonyl (C=O) groups excluding carboxylic acids is 4. The van der Waals surface area contributed by atoms with Crippen molar-refractivity contribution in [3.05, 3.63) is 64.2 Å². The van der Waals surface area contributed by atoms with Gasteiger partial charge in [-0.15, -0.1) is 0 Å². The molecule has 1 aliphatic rings. The highest BCUT2D eigenvalue weighted by molar-refractivity contribution is 5.98. The van der Waals surface area contributed by atoms with E-state index in [0.717, 1.165) is 36.1 Å². The van der Waals surface area contributed by atoms with Crippen molar-refractivity contribution in [2.24, 2.45) is 0 Å². The van der Waals surface area contributed by atoms with E-state index < -0.39 is 18.5 Å². The number of carbonyl (C=O) groups is 4. The number of para-hydroxylation sites is 1. The predicted molar refractivity (Wildman–Crippen MR) is 130 cm³/mol. The Balaban J connectivity index is 1.40. The predicted octanol–water partition coefficient (Wildman–Crippen LogP) is 3.79. The van der Waals surface area contributed by atoms with E-state index in [0.29, 0.717) is 5.56 Å². The number of anilines is 1. The van der Waals surface area contributed by atoms with E-state index in [4.69, 9.17) is 4.74 Å². The summed E-state index contributed by atoms with van der Waals surface area (Å²) < 4.78 is 5.03. The maximum Gasteiger partial charge on any atom is 0.306 e. The molecule has 34 heavy (non-hydrogen) atoms. The molecule has 2 amide bonds. The maximum atomic E-state index is 12.5. The molecule has 0 heterocycles. The molecule has 7 heteroatoms. The summed E-state index contributed by atoms with van der Waals surface area (Å²) >= 11 is 0. The van der Waals surface area contributed by atoms with Crippen molar-refractivity contribution in [2.75, 3.05) is 25.5 Å². The number of nitrogens with one attached hydrogen (secondary N) is 1. The summed E-state index contributed by atoms with van der Waals surface area (Å²) in [6, 6.07) is 11.5. The van der Waals surface area contributed by atoms with Gasteiger partial charge in [0.15, 0.2) is 12.4 Å². The van der Waals surface area contributed by atoms with Crippen LogP contribution in [0.4, 0.5) is 5.69 Å². The van der Waals surface area contributed by atoms with Crippen LogP contribution in [-0.4, -0.2) is 48.7 Å². The van der Waals surface area contributed by atoms with Crippen molar-refractivity contribution >= 4 is 29.3 Å². The molecule has 180 valence electrons.